The van der Waals surface area contributed by atoms with Gasteiger partial charge in [0.1, 0.15) is 54.1 Å². The van der Waals surface area contributed by atoms with Gasteiger partial charge in [0.15, 0.2) is 24.8 Å². The molecule has 0 radical (unpaired) electrons. The smallest absolute Gasteiger partial charge is 0.338 e. The van der Waals surface area contributed by atoms with Crippen LogP contribution in [0.1, 0.15) is 134 Å². The molecule has 18 nitrogen and oxygen atoms in total. The molecule has 2 heterocycles. The van der Waals surface area contributed by atoms with Crippen molar-refractivity contribution in [1.29, 1.82) is 0 Å². The molecule has 7 aliphatic rings. The van der Waals surface area contributed by atoms with Gasteiger partial charge in [0.05, 0.1) is 43.2 Å². The van der Waals surface area contributed by atoms with Crippen LogP contribution >= 0.6 is 0 Å². The van der Waals surface area contributed by atoms with Crippen molar-refractivity contribution in [3.8, 4) is 0 Å². The van der Waals surface area contributed by atoms with Crippen molar-refractivity contribution in [3.05, 3.63) is 46.5 Å². The number of esters is 2. The third kappa shape index (κ3) is 10.6. The second-order valence-electron chi connectivity index (χ2n) is 23.5. The number of carbonyl (C=O) groups is 3. The van der Waals surface area contributed by atoms with Crippen LogP contribution < -0.4 is 0 Å². The van der Waals surface area contributed by atoms with Gasteiger partial charge in [-0.3, -0.25) is 9.59 Å². The first-order valence-corrected chi connectivity index (χ1v) is 26.8. The third-order valence-corrected chi connectivity index (χ3v) is 18.8. The van der Waals surface area contributed by atoms with Crippen molar-refractivity contribution < 1.29 is 88.4 Å². The minimum Gasteiger partial charge on any atom is -0.454 e. The Labute approximate surface area is 428 Å². The van der Waals surface area contributed by atoms with Crippen LogP contribution in [-0.2, 0) is 42.7 Å². The number of aliphatic hydroxyl groups is 8. The minimum atomic E-state index is -1.73. The van der Waals surface area contributed by atoms with E-state index in [2.05, 4.69) is 19.9 Å². The maximum Gasteiger partial charge on any atom is 0.338 e. The molecule has 1 aromatic carbocycles. The number of aryl methyl sites for hydroxylation is 2. The molecule has 6 fully saturated rings. The molecule has 73 heavy (non-hydrogen) atoms. The van der Waals surface area contributed by atoms with Crippen LogP contribution in [0, 0.1) is 54.3 Å². The molecule has 4 saturated carbocycles. The van der Waals surface area contributed by atoms with E-state index >= 15 is 0 Å². The lowest BCUT2D eigenvalue weighted by atomic mass is 9.46. The topological polar surface area (TPSA) is 278 Å². The zero-order valence-electron chi connectivity index (χ0n) is 43.7. The van der Waals surface area contributed by atoms with Crippen LogP contribution in [0.3, 0.4) is 0 Å². The van der Waals surface area contributed by atoms with Gasteiger partial charge in [-0.05, 0) is 130 Å². The summed E-state index contributed by atoms with van der Waals surface area (Å²) in [5.74, 6) is -2.11. The Kier molecular flexibility index (Phi) is 17.1. The third-order valence-electron chi connectivity index (χ3n) is 18.8. The van der Waals surface area contributed by atoms with Crippen LogP contribution in [0.4, 0.5) is 0 Å². The highest BCUT2D eigenvalue weighted by molar-refractivity contribution is 5.90. The first-order valence-electron chi connectivity index (χ1n) is 26.8. The van der Waals surface area contributed by atoms with Gasteiger partial charge < -0.3 is 74.0 Å². The van der Waals surface area contributed by atoms with E-state index in [1.807, 2.05) is 27.7 Å². The van der Waals surface area contributed by atoms with Crippen molar-refractivity contribution >= 4 is 17.7 Å². The van der Waals surface area contributed by atoms with E-state index < -0.39 is 121 Å². The number of rotatable bonds is 15. The van der Waals surface area contributed by atoms with Crippen LogP contribution in [0.15, 0.2) is 29.8 Å². The van der Waals surface area contributed by atoms with E-state index in [4.69, 9.17) is 33.2 Å². The number of aliphatic hydroxyl groups excluding tert-OH is 7. The zero-order valence-corrected chi connectivity index (χ0v) is 43.7. The van der Waals surface area contributed by atoms with E-state index in [0.29, 0.717) is 38.5 Å². The second-order valence-corrected chi connectivity index (χ2v) is 23.5. The average Bonchev–Trinajstić information content (AvgIpc) is 3.58. The molecule has 410 valence electrons. The lowest BCUT2D eigenvalue weighted by Gasteiger charge is -2.59. The van der Waals surface area contributed by atoms with Gasteiger partial charge in [-0.1, -0.05) is 52.3 Å². The number of Topliss-reactive ketones (excluding diaryl/α,β-unsaturated/α-hetero) is 1. The number of ether oxygens (including phenoxy) is 7. The standard InChI is InChI=1S/C55H82O18/c1-26(2)9-14-37(58)29(5)55(66)42(23-36-34-13-12-32-22-33(17-19-53(32,7)35(34)18-20-54(36,55)8)69-51-46(64)45(63)44(62)41(24-56)71-51)72-52-49(68-30(6)57)47(39(60)25-67-52)70-40-16-15-38(59)43(61)48(40)73-50(65)31-11-10-27(3)28(4)21-31/h10-12,21,26,29,33-36,38-49,51-52,56,59-64,66H,9,13-20,22-25H2,1-8H3/t29-,33+,34-,35+,36+,38-,39+,40+,41-,42+,43+,44-,45+,46-,47+,48+,49-,51-,52+,53+,54+,55-/m1/s1. The molecule has 5 aliphatic carbocycles. The van der Waals surface area contributed by atoms with Crippen LogP contribution in [-0.4, -0.2) is 169 Å². The summed E-state index contributed by atoms with van der Waals surface area (Å²) in [5, 5.41) is 88.6. The van der Waals surface area contributed by atoms with E-state index in [-0.39, 0.29) is 72.4 Å². The van der Waals surface area contributed by atoms with E-state index in [1.54, 1.807) is 25.1 Å². The van der Waals surface area contributed by atoms with Crippen molar-refractivity contribution in [2.24, 2.45) is 40.4 Å². The highest BCUT2D eigenvalue weighted by Crippen LogP contribution is 2.69. The van der Waals surface area contributed by atoms with Gasteiger partial charge in [-0.15, -0.1) is 0 Å². The molecule has 2 aliphatic heterocycles. The Hall–Kier alpha value is -2.95. The number of hydrogen-bond donors (Lipinski definition) is 8. The Morgan fingerprint density at radius 3 is 2.22 bits per heavy atom. The fourth-order valence-electron chi connectivity index (χ4n) is 14.1. The van der Waals surface area contributed by atoms with Crippen LogP contribution in [0.5, 0.6) is 0 Å². The average molecular weight is 1030 g/mol. The number of carbonyl (C=O) groups excluding carboxylic acids is 3. The van der Waals surface area contributed by atoms with Crippen molar-refractivity contribution in [2.45, 2.75) is 224 Å². The quantitative estimate of drug-likeness (QED) is 0.0925. The van der Waals surface area contributed by atoms with E-state index in [1.165, 1.54) is 12.5 Å². The van der Waals surface area contributed by atoms with Gasteiger partial charge in [-0.25, -0.2) is 4.79 Å². The fourth-order valence-corrected chi connectivity index (χ4v) is 14.1. The monoisotopic (exact) mass is 1030 g/mol. The molecule has 2 saturated heterocycles. The highest BCUT2D eigenvalue weighted by Gasteiger charge is 2.71. The predicted molar refractivity (Wildman–Crippen MR) is 260 cm³/mol. The number of fused-ring (bicyclic) bond motifs is 5. The van der Waals surface area contributed by atoms with E-state index in [0.717, 1.165) is 24.0 Å². The molecular weight excluding hydrogens is 949 g/mol. The Morgan fingerprint density at radius 1 is 0.795 bits per heavy atom. The highest BCUT2D eigenvalue weighted by atomic mass is 16.7. The number of hydrogen-bond acceptors (Lipinski definition) is 18. The van der Waals surface area contributed by atoms with Crippen molar-refractivity contribution in [3.63, 3.8) is 0 Å². The van der Waals surface area contributed by atoms with Gasteiger partial charge in [0.2, 0.25) is 0 Å². The van der Waals surface area contributed by atoms with Gasteiger partial charge in [-0.2, -0.15) is 0 Å². The summed E-state index contributed by atoms with van der Waals surface area (Å²) in [6.07, 6.45) is -11.5. The Balaban J connectivity index is 1.06. The molecule has 0 unspecified atom stereocenters. The van der Waals surface area contributed by atoms with Gasteiger partial charge >= 0.3 is 11.9 Å². The molecule has 0 spiro atoms. The van der Waals surface area contributed by atoms with Crippen molar-refractivity contribution in [2.75, 3.05) is 13.2 Å². The lowest BCUT2D eigenvalue weighted by Crippen LogP contribution is -2.64. The molecule has 0 aromatic heterocycles. The molecule has 8 N–H and O–H groups in total. The summed E-state index contributed by atoms with van der Waals surface area (Å²) in [4.78, 5) is 40.9. The first-order chi connectivity index (χ1) is 34.4. The largest absolute Gasteiger partial charge is 0.454 e. The first kappa shape index (κ1) is 56.3. The fraction of sp³-hybridized carbons (Fsp3) is 0.800. The summed E-state index contributed by atoms with van der Waals surface area (Å²) >= 11 is 0. The molecule has 22 atom stereocenters. The van der Waals surface area contributed by atoms with E-state index in [9.17, 15) is 55.2 Å². The maximum atomic E-state index is 14.4. The summed E-state index contributed by atoms with van der Waals surface area (Å²) in [6, 6.07) is 5.05. The molecule has 1 aromatic rings. The summed E-state index contributed by atoms with van der Waals surface area (Å²) in [7, 11) is 0. The summed E-state index contributed by atoms with van der Waals surface area (Å²) < 4.78 is 43.5. The lowest BCUT2D eigenvalue weighted by molar-refractivity contribution is -0.319. The number of allylic oxidation sites excluding steroid dienone is 1. The number of ketones is 1. The normalized spacial score (nSPS) is 44.0. The van der Waals surface area contributed by atoms with Crippen molar-refractivity contribution in [1.82, 2.24) is 0 Å². The predicted octanol–water partition coefficient (Wildman–Crippen LogP) is 3.26. The maximum absolute atomic E-state index is 14.4. The zero-order chi connectivity index (χ0) is 53.1. The Bertz CT molecular complexity index is 2170. The minimum absolute atomic E-state index is 0.0690. The summed E-state index contributed by atoms with van der Waals surface area (Å²) in [6.45, 7) is 14.3. The molecule has 8 rings (SSSR count). The van der Waals surface area contributed by atoms with Gasteiger partial charge in [0, 0.05) is 24.7 Å². The van der Waals surface area contributed by atoms with Gasteiger partial charge in [0.25, 0.3) is 0 Å². The Morgan fingerprint density at radius 2 is 1.53 bits per heavy atom. The molecule has 0 amide bonds. The molecular formula is C55H82O18. The molecule has 0 bridgehead atoms. The van der Waals surface area contributed by atoms with Crippen LogP contribution in [0.2, 0.25) is 0 Å². The summed E-state index contributed by atoms with van der Waals surface area (Å²) in [5.41, 5.74) is 0.452. The SMILES string of the molecule is CC(=O)O[C@H]1[C@H](O[C@H]2C[C@H]3[C@@H]4CC=C5C[C@@H](O[C@@H]6O[C@H](CO)[C@@H](O)[C@H](O)[C@H]6O)CC[C@]5(C)[C@H]4CC[C@]3(C)[C@@]2(O)[C@H](C)C(=O)CCC(C)C)OC[C@H](O)[C@@H]1O[C@H]1CC[C@@H](O)[C@H](O)[C@H]1OC(=O)c1ccc(C)c(C)c1. The second kappa shape index (κ2) is 22.2. The van der Waals surface area contributed by atoms with Crippen LogP contribution in [0.25, 0.3) is 0 Å². The molecule has 18 heteroatoms. The number of benzene rings is 1.